The van der Waals surface area contributed by atoms with E-state index >= 15 is 0 Å². The van der Waals surface area contributed by atoms with Gasteiger partial charge in [0.25, 0.3) is 0 Å². The lowest BCUT2D eigenvalue weighted by atomic mass is 10.3. The van der Waals surface area contributed by atoms with Crippen molar-refractivity contribution in [2.75, 3.05) is 17.9 Å². The first-order chi connectivity index (χ1) is 9.15. The van der Waals surface area contributed by atoms with E-state index in [1.165, 1.54) is 11.2 Å². The SMILES string of the molecule is COc1c(NN)ncnc1NC(C)c1ncc(C)s1. The van der Waals surface area contributed by atoms with Crippen LogP contribution in [0.5, 0.6) is 5.75 Å². The maximum atomic E-state index is 5.38. The third kappa shape index (κ3) is 2.91. The van der Waals surface area contributed by atoms with Crippen molar-refractivity contribution in [3.8, 4) is 5.75 Å². The van der Waals surface area contributed by atoms with E-state index in [0.717, 1.165) is 5.01 Å². The molecule has 7 nitrogen and oxygen atoms in total. The van der Waals surface area contributed by atoms with E-state index in [4.69, 9.17) is 10.6 Å². The minimum Gasteiger partial charge on any atom is -0.490 e. The van der Waals surface area contributed by atoms with Gasteiger partial charge >= 0.3 is 0 Å². The Balaban J connectivity index is 2.23. The molecule has 8 heteroatoms. The molecule has 2 rings (SSSR count). The summed E-state index contributed by atoms with van der Waals surface area (Å²) in [6.07, 6.45) is 3.27. The van der Waals surface area contributed by atoms with Crippen LogP contribution in [0.25, 0.3) is 0 Å². The van der Waals surface area contributed by atoms with Gasteiger partial charge in [-0.2, -0.15) is 0 Å². The number of rotatable bonds is 5. The highest BCUT2D eigenvalue weighted by Crippen LogP contribution is 2.31. The van der Waals surface area contributed by atoms with E-state index in [0.29, 0.717) is 17.4 Å². The first-order valence-electron chi connectivity index (χ1n) is 5.70. The van der Waals surface area contributed by atoms with Crippen molar-refractivity contribution in [1.29, 1.82) is 0 Å². The molecule has 0 spiro atoms. The number of hydrazine groups is 1. The second-order valence-corrected chi connectivity index (χ2v) is 5.19. The Hall–Kier alpha value is -1.93. The smallest absolute Gasteiger partial charge is 0.205 e. The van der Waals surface area contributed by atoms with E-state index in [1.807, 2.05) is 20.0 Å². The number of hydrogen-bond donors (Lipinski definition) is 3. The van der Waals surface area contributed by atoms with Crippen LogP contribution in [0.4, 0.5) is 11.6 Å². The number of thiazole rings is 1. The minimum absolute atomic E-state index is 0.0214. The summed E-state index contributed by atoms with van der Waals surface area (Å²) in [5.74, 6) is 6.87. The number of nitrogens with two attached hydrogens (primary N) is 1. The van der Waals surface area contributed by atoms with E-state index in [1.54, 1.807) is 18.4 Å². The predicted molar refractivity (Wildman–Crippen MR) is 75.3 cm³/mol. The number of aromatic nitrogens is 3. The van der Waals surface area contributed by atoms with Crippen molar-refractivity contribution in [3.05, 3.63) is 22.4 Å². The molecule has 0 aromatic carbocycles. The zero-order chi connectivity index (χ0) is 13.8. The Kier molecular flexibility index (Phi) is 4.13. The quantitative estimate of drug-likeness (QED) is 0.566. The van der Waals surface area contributed by atoms with Crippen molar-refractivity contribution >= 4 is 23.0 Å². The minimum atomic E-state index is 0.0214. The topological polar surface area (TPSA) is 98.0 Å². The molecule has 0 saturated heterocycles. The Morgan fingerprint density at radius 3 is 2.63 bits per heavy atom. The van der Waals surface area contributed by atoms with E-state index in [9.17, 15) is 0 Å². The normalized spacial score (nSPS) is 12.0. The summed E-state index contributed by atoms with van der Waals surface area (Å²) < 4.78 is 5.26. The maximum Gasteiger partial charge on any atom is 0.205 e. The molecule has 0 amide bonds. The van der Waals surface area contributed by atoms with Crippen LogP contribution >= 0.6 is 11.3 Å². The lowest BCUT2D eigenvalue weighted by molar-refractivity contribution is 0.414. The highest BCUT2D eigenvalue weighted by molar-refractivity contribution is 7.11. The molecule has 2 heterocycles. The number of nitrogens with one attached hydrogen (secondary N) is 2. The molecule has 0 aliphatic carbocycles. The number of hydrogen-bond acceptors (Lipinski definition) is 8. The fourth-order valence-electron chi connectivity index (χ4n) is 1.61. The van der Waals surface area contributed by atoms with Gasteiger partial charge < -0.3 is 15.5 Å². The average Bonchev–Trinajstić information content (AvgIpc) is 2.85. The Bertz CT molecular complexity index is 558. The summed E-state index contributed by atoms with van der Waals surface area (Å²) in [5, 5.41) is 4.23. The highest BCUT2D eigenvalue weighted by Gasteiger charge is 2.16. The van der Waals surface area contributed by atoms with Gasteiger partial charge in [-0.1, -0.05) is 0 Å². The summed E-state index contributed by atoms with van der Waals surface area (Å²) in [5.41, 5.74) is 2.47. The van der Waals surface area contributed by atoms with Crippen LogP contribution in [0.15, 0.2) is 12.5 Å². The van der Waals surface area contributed by atoms with Crippen LogP contribution in [0.1, 0.15) is 22.9 Å². The Morgan fingerprint density at radius 2 is 2.05 bits per heavy atom. The second kappa shape index (κ2) is 5.81. The zero-order valence-corrected chi connectivity index (χ0v) is 11.8. The van der Waals surface area contributed by atoms with Crippen molar-refractivity contribution in [3.63, 3.8) is 0 Å². The molecule has 19 heavy (non-hydrogen) atoms. The van der Waals surface area contributed by atoms with E-state index in [2.05, 4.69) is 25.7 Å². The maximum absolute atomic E-state index is 5.38. The summed E-state index contributed by atoms with van der Waals surface area (Å²) in [4.78, 5) is 13.7. The number of nitrogen functional groups attached to an aromatic ring is 1. The fraction of sp³-hybridized carbons (Fsp3) is 0.364. The fourth-order valence-corrected chi connectivity index (χ4v) is 2.39. The molecule has 1 unspecified atom stereocenters. The predicted octanol–water partition coefficient (Wildman–Crippen LogP) is 1.71. The number of methoxy groups -OCH3 is 1. The van der Waals surface area contributed by atoms with Crippen molar-refractivity contribution in [2.45, 2.75) is 19.9 Å². The molecule has 0 saturated carbocycles. The van der Waals surface area contributed by atoms with Crippen LogP contribution < -0.4 is 21.3 Å². The molecular weight excluding hydrogens is 264 g/mol. The van der Waals surface area contributed by atoms with Crippen LogP contribution in [0.2, 0.25) is 0 Å². The molecule has 0 bridgehead atoms. The van der Waals surface area contributed by atoms with Gasteiger partial charge in [-0.15, -0.1) is 11.3 Å². The van der Waals surface area contributed by atoms with Crippen molar-refractivity contribution in [2.24, 2.45) is 5.84 Å². The van der Waals surface area contributed by atoms with Crippen LogP contribution in [0.3, 0.4) is 0 Å². The average molecular weight is 280 g/mol. The van der Waals surface area contributed by atoms with Crippen molar-refractivity contribution in [1.82, 2.24) is 15.0 Å². The first-order valence-corrected chi connectivity index (χ1v) is 6.51. The molecule has 0 aliphatic rings. The number of anilines is 2. The molecule has 0 fully saturated rings. The lowest BCUT2D eigenvalue weighted by Gasteiger charge is -2.15. The van der Waals surface area contributed by atoms with Gasteiger partial charge in [0.15, 0.2) is 11.6 Å². The first kappa shape index (κ1) is 13.5. The van der Waals surface area contributed by atoms with Gasteiger partial charge in [-0.05, 0) is 13.8 Å². The molecule has 1 atom stereocenters. The highest BCUT2D eigenvalue weighted by atomic mass is 32.1. The summed E-state index contributed by atoms with van der Waals surface area (Å²) in [7, 11) is 1.54. The zero-order valence-electron chi connectivity index (χ0n) is 11.0. The molecule has 0 aliphatic heterocycles. The van der Waals surface area contributed by atoms with Gasteiger partial charge in [-0.3, -0.25) is 0 Å². The standard InChI is InChI=1S/C11H16N6OS/c1-6-4-13-11(19-6)7(2)16-9-8(18-3)10(17-12)15-5-14-9/h4-5,7H,12H2,1-3H3,(H2,14,15,16,17). The number of nitrogens with zero attached hydrogens (tertiary/aromatic N) is 3. The number of aryl methyl sites for hydroxylation is 1. The lowest BCUT2D eigenvalue weighted by Crippen LogP contribution is -2.14. The number of ether oxygens (including phenoxy) is 1. The van der Waals surface area contributed by atoms with Gasteiger partial charge in [-0.25, -0.2) is 20.8 Å². The third-order valence-electron chi connectivity index (χ3n) is 2.51. The van der Waals surface area contributed by atoms with E-state index < -0.39 is 0 Å². The monoisotopic (exact) mass is 280 g/mol. The largest absolute Gasteiger partial charge is 0.490 e. The molecule has 4 N–H and O–H groups in total. The van der Waals surface area contributed by atoms with Crippen molar-refractivity contribution < 1.29 is 4.74 Å². The summed E-state index contributed by atoms with van der Waals surface area (Å²) in [6, 6.07) is 0.0214. The van der Waals surface area contributed by atoms with Gasteiger partial charge in [0.2, 0.25) is 5.75 Å². The summed E-state index contributed by atoms with van der Waals surface area (Å²) in [6.45, 7) is 4.03. The van der Waals surface area contributed by atoms with Crippen LogP contribution in [-0.2, 0) is 0 Å². The molecule has 2 aromatic heterocycles. The van der Waals surface area contributed by atoms with Gasteiger partial charge in [0.05, 0.1) is 13.2 Å². The molecule has 0 radical (unpaired) electrons. The second-order valence-electron chi connectivity index (χ2n) is 3.92. The van der Waals surface area contributed by atoms with E-state index in [-0.39, 0.29) is 6.04 Å². The van der Waals surface area contributed by atoms with Gasteiger partial charge in [0.1, 0.15) is 11.3 Å². The molecule has 2 aromatic rings. The Morgan fingerprint density at radius 1 is 1.32 bits per heavy atom. The molecular formula is C11H16N6OS. The van der Waals surface area contributed by atoms with Gasteiger partial charge in [0, 0.05) is 11.1 Å². The van der Waals surface area contributed by atoms with Crippen LogP contribution in [-0.4, -0.2) is 22.1 Å². The summed E-state index contributed by atoms with van der Waals surface area (Å²) >= 11 is 1.64. The van der Waals surface area contributed by atoms with Crippen LogP contribution in [0, 0.1) is 6.92 Å². The Labute approximate surface area is 115 Å². The molecule has 102 valence electrons. The third-order valence-corrected chi connectivity index (χ3v) is 3.60.